The number of alkyl halides is 3. The SMILES string of the molecule is COc1cc(Cl)ccc1Oc1nnc(C(F)(F)F)c(C)c1C(=O)Nc1cccc(SC)c1. The number of anilines is 1. The molecule has 0 saturated carbocycles. The summed E-state index contributed by atoms with van der Waals surface area (Å²) < 4.78 is 51.1. The summed E-state index contributed by atoms with van der Waals surface area (Å²) in [6.07, 6.45) is -2.94. The van der Waals surface area contributed by atoms with Crippen molar-refractivity contribution in [2.75, 3.05) is 18.7 Å². The largest absolute Gasteiger partial charge is 0.493 e. The second-order valence-electron chi connectivity index (χ2n) is 6.43. The molecule has 1 N–H and O–H groups in total. The van der Waals surface area contributed by atoms with Gasteiger partial charge in [-0.25, -0.2) is 0 Å². The Morgan fingerprint density at radius 2 is 1.88 bits per heavy atom. The number of nitrogens with one attached hydrogen (secondary N) is 1. The normalized spacial score (nSPS) is 11.2. The van der Waals surface area contributed by atoms with Gasteiger partial charge in [0.25, 0.3) is 11.8 Å². The Balaban J connectivity index is 2.08. The molecular formula is C21H17ClF3N3O3S. The summed E-state index contributed by atoms with van der Waals surface area (Å²) in [6.45, 7) is 1.14. The average molecular weight is 484 g/mol. The van der Waals surface area contributed by atoms with Crippen molar-refractivity contribution in [2.45, 2.75) is 18.0 Å². The van der Waals surface area contributed by atoms with Gasteiger partial charge in [-0.2, -0.15) is 13.2 Å². The van der Waals surface area contributed by atoms with E-state index in [0.717, 1.165) is 11.8 Å². The molecule has 0 fully saturated rings. The number of carbonyl (C=O) groups is 1. The van der Waals surface area contributed by atoms with Crippen molar-refractivity contribution < 1.29 is 27.4 Å². The first kappa shape index (κ1) is 23.7. The van der Waals surface area contributed by atoms with Crippen molar-refractivity contribution in [2.24, 2.45) is 0 Å². The lowest BCUT2D eigenvalue weighted by Crippen LogP contribution is -2.20. The Bertz CT molecular complexity index is 1160. The van der Waals surface area contributed by atoms with Gasteiger partial charge in [-0.3, -0.25) is 4.79 Å². The highest BCUT2D eigenvalue weighted by atomic mass is 35.5. The molecule has 0 saturated heterocycles. The number of benzene rings is 2. The van der Waals surface area contributed by atoms with Gasteiger partial charge in [0, 0.05) is 21.7 Å². The minimum absolute atomic E-state index is 0.101. The molecule has 168 valence electrons. The van der Waals surface area contributed by atoms with Crippen LogP contribution in [0.25, 0.3) is 0 Å². The number of thioether (sulfide) groups is 1. The number of methoxy groups -OCH3 is 1. The summed E-state index contributed by atoms with van der Waals surface area (Å²) >= 11 is 7.39. The number of carbonyl (C=O) groups excluding carboxylic acids is 1. The van der Waals surface area contributed by atoms with E-state index in [1.54, 1.807) is 18.2 Å². The number of halogens is 4. The standard InChI is InChI=1S/C21H17ClF3N3O3S/c1-11-17(19(29)26-13-5-4-6-14(10-13)32-3)20(28-27-18(11)21(23,24)25)31-15-8-7-12(22)9-16(15)30-2/h4-10H,1-3H3,(H,26,29). The summed E-state index contributed by atoms with van der Waals surface area (Å²) in [4.78, 5) is 13.9. The second-order valence-corrected chi connectivity index (χ2v) is 7.75. The van der Waals surface area contributed by atoms with Crippen LogP contribution in [0.3, 0.4) is 0 Å². The van der Waals surface area contributed by atoms with Crippen molar-refractivity contribution in [3.05, 3.63) is 64.3 Å². The smallest absolute Gasteiger partial charge is 0.435 e. The molecule has 0 unspecified atom stereocenters. The molecule has 0 aliphatic rings. The van der Waals surface area contributed by atoms with E-state index in [-0.39, 0.29) is 11.5 Å². The first-order chi connectivity index (χ1) is 15.1. The maximum absolute atomic E-state index is 13.4. The lowest BCUT2D eigenvalue weighted by Gasteiger charge is -2.17. The summed E-state index contributed by atoms with van der Waals surface area (Å²) in [7, 11) is 1.37. The monoisotopic (exact) mass is 483 g/mol. The van der Waals surface area contributed by atoms with Gasteiger partial charge in [0.05, 0.1) is 7.11 Å². The van der Waals surface area contributed by atoms with Crippen LogP contribution in [-0.4, -0.2) is 29.5 Å². The van der Waals surface area contributed by atoms with Crippen LogP contribution in [0.1, 0.15) is 21.6 Å². The zero-order chi connectivity index (χ0) is 23.5. The summed E-state index contributed by atoms with van der Waals surface area (Å²) in [5.41, 5.74) is -1.70. The quantitative estimate of drug-likeness (QED) is 0.419. The molecule has 3 aromatic rings. The first-order valence-electron chi connectivity index (χ1n) is 9.05. The third kappa shape index (κ3) is 5.25. The van der Waals surface area contributed by atoms with Gasteiger partial charge in [0.2, 0.25) is 0 Å². The van der Waals surface area contributed by atoms with Gasteiger partial charge in [-0.05, 0) is 49.1 Å². The van der Waals surface area contributed by atoms with E-state index in [0.29, 0.717) is 10.7 Å². The molecule has 1 amide bonds. The van der Waals surface area contributed by atoms with E-state index in [2.05, 4.69) is 15.5 Å². The van der Waals surface area contributed by atoms with Crippen molar-refractivity contribution in [1.82, 2.24) is 10.2 Å². The Hall–Kier alpha value is -2.98. The van der Waals surface area contributed by atoms with Gasteiger partial charge in [0.15, 0.2) is 17.2 Å². The van der Waals surface area contributed by atoms with Gasteiger partial charge in [-0.1, -0.05) is 17.7 Å². The number of hydrogen-bond acceptors (Lipinski definition) is 6. The fourth-order valence-electron chi connectivity index (χ4n) is 2.83. The van der Waals surface area contributed by atoms with Gasteiger partial charge >= 0.3 is 6.18 Å². The molecule has 0 spiro atoms. The van der Waals surface area contributed by atoms with Crippen LogP contribution < -0.4 is 14.8 Å². The van der Waals surface area contributed by atoms with Crippen molar-refractivity contribution in [3.63, 3.8) is 0 Å². The predicted molar refractivity (Wildman–Crippen MR) is 116 cm³/mol. The van der Waals surface area contributed by atoms with Gasteiger partial charge < -0.3 is 14.8 Å². The van der Waals surface area contributed by atoms with Crippen LogP contribution in [0.2, 0.25) is 5.02 Å². The first-order valence-corrected chi connectivity index (χ1v) is 10.7. The van der Waals surface area contributed by atoms with Gasteiger partial charge in [-0.15, -0.1) is 22.0 Å². The molecule has 6 nitrogen and oxygen atoms in total. The molecule has 3 rings (SSSR count). The van der Waals surface area contributed by atoms with E-state index in [1.807, 2.05) is 12.3 Å². The summed E-state index contributed by atoms with van der Waals surface area (Å²) in [6, 6.07) is 11.3. The molecule has 0 radical (unpaired) electrons. The second kappa shape index (κ2) is 9.66. The predicted octanol–water partition coefficient (Wildman–Crippen LogP) is 6.23. The number of nitrogens with zero attached hydrogens (tertiary/aromatic N) is 2. The number of rotatable bonds is 6. The minimum Gasteiger partial charge on any atom is -0.493 e. The minimum atomic E-state index is -4.80. The molecule has 2 aromatic carbocycles. The van der Waals surface area contributed by atoms with Crippen LogP contribution in [0, 0.1) is 6.92 Å². The summed E-state index contributed by atoms with van der Waals surface area (Å²) in [5.74, 6) is -0.932. The van der Waals surface area contributed by atoms with Crippen molar-refractivity contribution >= 4 is 35.0 Å². The van der Waals surface area contributed by atoms with Crippen LogP contribution >= 0.6 is 23.4 Å². The van der Waals surface area contributed by atoms with Crippen LogP contribution in [0.15, 0.2) is 47.4 Å². The molecule has 1 heterocycles. The third-order valence-corrected chi connectivity index (χ3v) is 5.30. The fraction of sp³-hybridized carbons (Fsp3) is 0.190. The summed E-state index contributed by atoms with van der Waals surface area (Å²) in [5, 5.41) is 9.75. The molecule has 11 heteroatoms. The number of hydrogen-bond donors (Lipinski definition) is 1. The van der Waals surface area contributed by atoms with Crippen molar-refractivity contribution in [3.8, 4) is 17.4 Å². The van der Waals surface area contributed by atoms with Crippen LogP contribution in [0.4, 0.5) is 18.9 Å². The molecule has 0 aliphatic carbocycles. The number of ether oxygens (including phenoxy) is 2. The Kier molecular flexibility index (Phi) is 7.15. The van der Waals surface area contributed by atoms with Crippen LogP contribution in [-0.2, 0) is 6.18 Å². The van der Waals surface area contributed by atoms with E-state index in [1.165, 1.54) is 37.1 Å². The maximum atomic E-state index is 13.4. The topological polar surface area (TPSA) is 73.3 Å². The average Bonchev–Trinajstić information content (AvgIpc) is 2.74. The molecule has 0 aliphatic heterocycles. The highest BCUT2D eigenvalue weighted by Crippen LogP contribution is 2.38. The third-order valence-electron chi connectivity index (χ3n) is 4.34. The van der Waals surface area contributed by atoms with Crippen LogP contribution in [0.5, 0.6) is 17.4 Å². The van der Waals surface area contributed by atoms with E-state index < -0.39 is 34.8 Å². The molecule has 1 aromatic heterocycles. The lowest BCUT2D eigenvalue weighted by molar-refractivity contribution is -0.142. The molecule has 32 heavy (non-hydrogen) atoms. The Morgan fingerprint density at radius 1 is 1.12 bits per heavy atom. The molecule has 0 atom stereocenters. The molecule has 0 bridgehead atoms. The van der Waals surface area contributed by atoms with Gasteiger partial charge in [0.1, 0.15) is 5.56 Å². The Morgan fingerprint density at radius 3 is 2.53 bits per heavy atom. The van der Waals surface area contributed by atoms with Crippen molar-refractivity contribution in [1.29, 1.82) is 0 Å². The maximum Gasteiger partial charge on any atom is 0.435 e. The zero-order valence-electron chi connectivity index (χ0n) is 17.1. The van der Waals surface area contributed by atoms with E-state index in [4.69, 9.17) is 21.1 Å². The number of aromatic nitrogens is 2. The highest BCUT2D eigenvalue weighted by molar-refractivity contribution is 7.98. The van der Waals surface area contributed by atoms with E-state index in [9.17, 15) is 18.0 Å². The van der Waals surface area contributed by atoms with E-state index >= 15 is 0 Å². The molecular weight excluding hydrogens is 467 g/mol. The number of amides is 1. The lowest BCUT2D eigenvalue weighted by atomic mass is 10.1. The highest BCUT2D eigenvalue weighted by Gasteiger charge is 2.38. The Labute approximate surface area is 191 Å². The fourth-order valence-corrected chi connectivity index (χ4v) is 3.45. The zero-order valence-corrected chi connectivity index (χ0v) is 18.7.